The van der Waals surface area contributed by atoms with E-state index in [0.29, 0.717) is 6.54 Å². The largest absolute Gasteiger partial charge is 0.356 e. The third-order valence-electron chi connectivity index (χ3n) is 4.19. The Kier molecular flexibility index (Phi) is 9.10. The number of hydrogen-bond donors (Lipinski definition) is 2. The van der Waals surface area contributed by atoms with Gasteiger partial charge in [-0.05, 0) is 50.3 Å². The molecule has 1 amide bonds. The quantitative estimate of drug-likeness (QED) is 0.387. The van der Waals surface area contributed by atoms with E-state index in [-0.39, 0.29) is 29.9 Å². The standard InChI is InChI=1S/C18H28N4O.HI/c1-4-22(5-2)17(23)16-10-8-15(9-11-16)13-21-18(19-3)20-12-14-6-7-14;/h8-11,14H,4-7,12-13H2,1-3H3,(H2,19,20,21);1H. The average molecular weight is 444 g/mol. The monoisotopic (exact) mass is 444 g/mol. The molecule has 0 saturated heterocycles. The lowest BCUT2D eigenvalue weighted by Crippen LogP contribution is -2.37. The molecule has 1 saturated carbocycles. The fraction of sp³-hybridized carbons (Fsp3) is 0.556. The summed E-state index contributed by atoms with van der Waals surface area (Å²) in [6.07, 6.45) is 2.65. The van der Waals surface area contributed by atoms with Crippen molar-refractivity contribution < 1.29 is 4.79 Å². The molecular formula is C18H29IN4O. The summed E-state index contributed by atoms with van der Waals surface area (Å²) in [6.45, 7) is 7.17. The molecule has 1 aromatic carbocycles. The van der Waals surface area contributed by atoms with Gasteiger partial charge >= 0.3 is 0 Å². The van der Waals surface area contributed by atoms with Crippen molar-refractivity contribution in [2.45, 2.75) is 33.2 Å². The lowest BCUT2D eigenvalue weighted by atomic mass is 10.1. The number of aliphatic imine (C=N–C) groups is 1. The van der Waals surface area contributed by atoms with Crippen molar-refractivity contribution in [2.75, 3.05) is 26.7 Å². The maximum atomic E-state index is 12.3. The van der Waals surface area contributed by atoms with Crippen molar-refractivity contribution in [1.82, 2.24) is 15.5 Å². The molecule has 6 heteroatoms. The number of carbonyl (C=O) groups is 1. The van der Waals surface area contributed by atoms with Crippen molar-refractivity contribution in [1.29, 1.82) is 0 Å². The zero-order valence-corrected chi connectivity index (χ0v) is 17.2. The molecule has 0 unspecified atom stereocenters. The first kappa shape index (κ1) is 20.7. The summed E-state index contributed by atoms with van der Waals surface area (Å²) in [4.78, 5) is 18.3. The van der Waals surface area contributed by atoms with Gasteiger partial charge in [0.1, 0.15) is 0 Å². The number of benzene rings is 1. The topological polar surface area (TPSA) is 56.7 Å². The number of rotatable bonds is 7. The van der Waals surface area contributed by atoms with Gasteiger partial charge in [0.2, 0.25) is 0 Å². The van der Waals surface area contributed by atoms with E-state index in [4.69, 9.17) is 0 Å². The molecule has 0 bridgehead atoms. The average Bonchev–Trinajstić information content (AvgIpc) is 3.41. The Labute approximate surface area is 162 Å². The Morgan fingerprint density at radius 1 is 1.17 bits per heavy atom. The highest BCUT2D eigenvalue weighted by Crippen LogP contribution is 2.27. The number of hydrogen-bond acceptors (Lipinski definition) is 2. The van der Waals surface area contributed by atoms with Gasteiger partial charge in [0.15, 0.2) is 5.96 Å². The Bertz CT molecular complexity index is 536. The van der Waals surface area contributed by atoms with Crippen molar-refractivity contribution in [2.24, 2.45) is 10.9 Å². The zero-order valence-electron chi connectivity index (χ0n) is 14.8. The number of guanidine groups is 1. The molecule has 0 spiro atoms. The van der Waals surface area contributed by atoms with Gasteiger partial charge in [-0.1, -0.05) is 12.1 Å². The van der Waals surface area contributed by atoms with E-state index >= 15 is 0 Å². The third kappa shape index (κ3) is 6.30. The van der Waals surface area contributed by atoms with Crippen LogP contribution < -0.4 is 10.6 Å². The van der Waals surface area contributed by atoms with Gasteiger partial charge < -0.3 is 15.5 Å². The second-order valence-electron chi connectivity index (χ2n) is 5.92. The summed E-state index contributed by atoms with van der Waals surface area (Å²) in [5, 5.41) is 6.65. The Morgan fingerprint density at radius 3 is 2.29 bits per heavy atom. The fourth-order valence-corrected chi connectivity index (χ4v) is 2.43. The molecule has 0 aliphatic heterocycles. The number of nitrogens with one attached hydrogen (secondary N) is 2. The van der Waals surface area contributed by atoms with Crippen LogP contribution in [0, 0.1) is 5.92 Å². The predicted molar refractivity (Wildman–Crippen MR) is 110 cm³/mol. The van der Waals surface area contributed by atoms with Gasteiger partial charge in [-0.2, -0.15) is 0 Å². The zero-order chi connectivity index (χ0) is 16.7. The second kappa shape index (κ2) is 10.5. The lowest BCUT2D eigenvalue weighted by molar-refractivity contribution is 0.0773. The van der Waals surface area contributed by atoms with E-state index < -0.39 is 0 Å². The van der Waals surface area contributed by atoms with Gasteiger partial charge in [0.05, 0.1) is 0 Å². The molecule has 1 aliphatic carbocycles. The van der Waals surface area contributed by atoms with Gasteiger partial charge in [-0.15, -0.1) is 24.0 Å². The predicted octanol–water partition coefficient (Wildman–Crippen LogP) is 2.86. The van der Waals surface area contributed by atoms with Crippen LogP contribution in [-0.2, 0) is 6.54 Å². The summed E-state index contributed by atoms with van der Waals surface area (Å²) in [5.74, 6) is 1.75. The maximum Gasteiger partial charge on any atom is 0.253 e. The smallest absolute Gasteiger partial charge is 0.253 e. The second-order valence-corrected chi connectivity index (χ2v) is 5.92. The van der Waals surface area contributed by atoms with E-state index in [1.54, 1.807) is 7.05 Å². The van der Waals surface area contributed by atoms with E-state index in [0.717, 1.165) is 42.6 Å². The van der Waals surface area contributed by atoms with Crippen LogP contribution in [0.2, 0.25) is 0 Å². The summed E-state index contributed by atoms with van der Waals surface area (Å²) >= 11 is 0. The third-order valence-corrected chi connectivity index (χ3v) is 4.19. The Hall–Kier alpha value is -1.31. The first-order valence-corrected chi connectivity index (χ1v) is 8.50. The number of amides is 1. The molecule has 0 atom stereocenters. The molecule has 134 valence electrons. The van der Waals surface area contributed by atoms with Gasteiger partial charge in [0.25, 0.3) is 5.91 Å². The van der Waals surface area contributed by atoms with Crippen molar-refractivity contribution in [3.8, 4) is 0 Å². The molecule has 0 aromatic heterocycles. The Balaban J connectivity index is 0.00000288. The molecule has 2 N–H and O–H groups in total. The summed E-state index contributed by atoms with van der Waals surface area (Å²) in [6, 6.07) is 7.80. The van der Waals surface area contributed by atoms with Gasteiger partial charge in [0, 0.05) is 38.8 Å². The van der Waals surface area contributed by atoms with Crippen molar-refractivity contribution in [3.63, 3.8) is 0 Å². The van der Waals surface area contributed by atoms with Gasteiger partial charge in [-0.25, -0.2) is 0 Å². The van der Waals surface area contributed by atoms with Crippen LogP contribution in [0.5, 0.6) is 0 Å². The number of nitrogens with zero attached hydrogens (tertiary/aromatic N) is 2. The molecule has 1 aromatic rings. The summed E-state index contributed by atoms with van der Waals surface area (Å²) < 4.78 is 0. The molecule has 0 radical (unpaired) electrons. The first-order valence-electron chi connectivity index (χ1n) is 8.50. The van der Waals surface area contributed by atoms with E-state index in [2.05, 4.69) is 15.6 Å². The van der Waals surface area contributed by atoms with Crippen LogP contribution in [0.1, 0.15) is 42.6 Å². The fourth-order valence-electron chi connectivity index (χ4n) is 2.43. The molecule has 1 fully saturated rings. The van der Waals surface area contributed by atoms with Crippen LogP contribution >= 0.6 is 24.0 Å². The van der Waals surface area contributed by atoms with Crippen LogP contribution in [0.15, 0.2) is 29.3 Å². The van der Waals surface area contributed by atoms with Crippen molar-refractivity contribution >= 4 is 35.8 Å². The summed E-state index contributed by atoms with van der Waals surface area (Å²) in [7, 11) is 1.79. The van der Waals surface area contributed by atoms with Crippen LogP contribution in [0.4, 0.5) is 0 Å². The molecular weight excluding hydrogens is 415 g/mol. The number of halogens is 1. The first-order chi connectivity index (χ1) is 11.2. The normalized spacial score (nSPS) is 13.9. The highest BCUT2D eigenvalue weighted by molar-refractivity contribution is 14.0. The highest BCUT2D eigenvalue weighted by atomic mass is 127. The van der Waals surface area contributed by atoms with E-state index in [1.807, 2.05) is 43.0 Å². The van der Waals surface area contributed by atoms with Crippen LogP contribution in [-0.4, -0.2) is 43.4 Å². The van der Waals surface area contributed by atoms with Crippen LogP contribution in [0.3, 0.4) is 0 Å². The van der Waals surface area contributed by atoms with Crippen LogP contribution in [0.25, 0.3) is 0 Å². The minimum absolute atomic E-state index is 0. The number of carbonyl (C=O) groups excluding carboxylic acids is 1. The minimum atomic E-state index is 0. The molecule has 24 heavy (non-hydrogen) atoms. The molecule has 0 heterocycles. The van der Waals surface area contributed by atoms with Crippen molar-refractivity contribution in [3.05, 3.63) is 35.4 Å². The Morgan fingerprint density at radius 2 is 1.79 bits per heavy atom. The molecule has 2 rings (SSSR count). The van der Waals surface area contributed by atoms with Gasteiger partial charge in [-0.3, -0.25) is 9.79 Å². The molecule has 1 aliphatic rings. The SMILES string of the molecule is CCN(CC)C(=O)c1ccc(CNC(=NC)NCC2CC2)cc1.I. The molecule has 5 nitrogen and oxygen atoms in total. The van der Waals surface area contributed by atoms with E-state index in [9.17, 15) is 4.79 Å². The highest BCUT2D eigenvalue weighted by Gasteiger charge is 2.21. The lowest BCUT2D eigenvalue weighted by Gasteiger charge is -2.18. The minimum Gasteiger partial charge on any atom is -0.356 e. The summed E-state index contributed by atoms with van der Waals surface area (Å²) in [5.41, 5.74) is 1.88. The van der Waals surface area contributed by atoms with E-state index in [1.165, 1.54) is 12.8 Å². The maximum absolute atomic E-state index is 12.3.